The lowest BCUT2D eigenvalue weighted by Crippen LogP contribution is -2.39. The second-order valence-electron chi connectivity index (χ2n) is 7.27. The van der Waals surface area contributed by atoms with Gasteiger partial charge in [0.1, 0.15) is 17.5 Å². The van der Waals surface area contributed by atoms with Gasteiger partial charge in [0.2, 0.25) is 0 Å². The van der Waals surface area contributed by atoms with E-state index in [1.807, 2.05) is 71.6 Å². The van der Waals surface area contributed by atoms with E-state index in [9.17, 15) is 9.90 Å². The number of para-hydroxylation sites is 1. The van der Waals surface area contributed by atoms with Crippen LogP contribution in [-0.2, 0) is 4.79 Å². The quantitative estimate of drug-likeness (QED) is 0.478. The molecule has 0 aromatic heterocycles. The van der Waals surface area contributed by atoms with E-state index in [2.05, 4.69) is 0 Å². The van der Waals surface area contributed by atoms with Gasteiger partial charge in [-0.1, -0.05) is 65.7 Å². The normalized spacial score (nSPS) is 17.6. The smallest absolute Gasteiger partial charge is 0.320 e. The number of hydrogen-bond donors (Lipinski definition) is 1. The predicted octanol–water partition coefficient (Wildman–Crippen LogP) is 6.42. The van der Waals surface area contributed by atoms with Crippen LogP contribution in [0.15, 0.2) is 72.8 Å². The zero-order valence-electron chi connectivity index (χ0n) is 16.2. The molecule has 2 atom stereocenters. The first-order chi connectivity index (χ1) is 14.5. The number of aliphatic carboxylic acids is 1. The first-order valence-corrected chi connectivity index (χ1v) is 10.6. The number of carbonyl (C=O) groups is 1. The molecule has 3 aromatic rings. The summed E-state index contributed by atoms with van der Waals surface area (Å²) in [7, 11) is 0. The molecule has 1 N–H and O–H groups in total. The average molecular weight is 442 g/mol. The highest BCUT2D eigenvalue weighted by Crippen LogP contribution is 2.41. The molecule has 1 aliphatic rings. The molecule has 1 aliphatic heterocycles. The number of rotatable bonds is 6. The summed E-state index contributed by atoms with van der Waals surface area (Å²) >= 11 is 12.9. The number of nitrogens with zero attached hydrogens (tertiary/aromatic N) is 1. The van der Waals surface area contributed by atoms with E-state index in [1.165, 1.54) is 0 Å². The van der Waals surface area contributed by atoms with Crippen LogP contribution in [0.25, 0.3) is 0 Å². The number of carboxylic acids is 1. The third kappa shape index (κ3) is 4.31. The van der Waals surface area contributed by atoms with Crippen LogP contribution < -0.4 is 4.74 Å². The Balaban J connectivity index is 1.77. The van der Waals surface area contributed by atoms with E-state index < -0.39 is 12.0 Å². The van der Waals surface area contributed by atoms with Crippen molar-refractivity contribution in [2.75, 3.05) is 6.54 Å². The largest absolute Gasteiger partial charge is 0.480 e. The maximum atomic E-state index is 11.9. The van der Waals surface area contributed by atoms with E-state index in [0.717, 1.165) is 23.3 Å². The first-order valence-electron chi connectivity index (χ1n) is 9.80. The van der Waals surface area contributed by atoms with Crippen molar-refractivity contribution >= 4 is 29.2 Å². The lowest BCUT2D eigenvalue weighted by atomic mass is 9.96. The molecule has 2 unspecified atom stereocenters. The molecule has 0 aliphatic carbocycles. The Morgan fingerprint density at radius 3 is 2.50 bits per heavy atom. The molecule has 0 spiro atoms. The van der Waals surface area contributed by atoms with Crippen LogP contribution >= 0.6 is 23.2 Å². The maximum Gasteiger partial charge on any atom is 0.320 e. The zero-order chi connectivity index (χ0) is 21.1. The van der Waals surface area contributed by atoms with E-state index >= 15 is 0 Å². The van der Waals surface area contributed by atoms with Crippen LogP contribution in [-0.4, -0.2) is 28.6 Å². The monoisotopic (exact) mass is 441 g/mol. The van der Waals surface area contributed by atoms with Crippen molar-refractivity contribution < 1.29 is 14.6 Å². The van der Waals surface area contributed by atoms with E-state index in [-0.39, 0.29) is 6.04 Å². The number of benzene rings is 3. The third-order valence-electron chi connectivity index (χ3n) is 5.34. The standard InChI is InChI=1S/C24H21Cl2NO3/c25-20-12-5-11-19(22(20)26)23(27-14-6-13-21(27)24(28)29)16-7-4-10-18(15-16)30-17-8-2-1-3-9-17/h1-5,7-12,15,21,23H,6,13-14H2,(H,28,29). The van der Waals surface area contributed by atoms with Crippen LogP contribution in [0.4, 0.5) is 0 Å². The fourth-order valence-corrected chi connectivity index (χ4v) is 4.43. The summed E-state index contributed by atoms with van der Waals surface area (Å²) < 4.78 is 6.00. The predicted molar refractivity (Wildman–Crippen MR) is 119 cm³/mol. The van der Waals surface area contributed by atoms with Gasteiger partial charge in [-0.15, -0.1) is 0 Å². The molecule has 1 fully saturated rings. The molecular formula is C24H21Cl2NO3. The summed E-state index contributed by atoms with van der Waals surface area (Å²) in [4.78, 5) is 13.9. The first kappa shape index (κ1) is 20.7. The lowest BCUT2D eigenvalue weighted by Gasteiger charge is -2.32. The summed E-state index contributed by atoms with van der Waals surface area (Å²) in [5.41, 5.74) is 1.69. The van der Waals surface area contributed by atoms with Crippen molar-refractivity contribution in [1.29, 1.82) is 0 Å². The van der Waals surface area contributed by atoms with Crippen molar-refractivity contribution in [3.8, 4) is 11.5 Å². The molecule has 3 aromatic carbocycles. The minimum atomic E-state index is -0.827. The van der Waals surface area contributed by atoms with Crippen LogP contribution in [0.1, 0.15) is 30.0 Å². The highest BCUT2D eigenvalue weighted by molar-refractivity contribution is 6.42. The Bertz CT molecular complexity index is 1040. The number of hydrogen-bond acceptors (Lipinski definition) is 3. The van der Waals surface area contributed by atoms with Gasteiger partial charge in [0, 0.05) is 6.54 Å². The second-order valence-corrected chi connectivity index (χ2v) is 8.05. The molecule has 0 radical (unpaired) electrons. The van der Waals surface area contributed by atoms with Crippen molar-refractivity contribution in [2.24, 2.45) is 0 Å². The van der Waals surface area contributed by atoms with Gasteiger partial charge >= 0.3 is 5.97 Å². The Morgan fingerprint density at radius 1 is 1.00 bits per heavy atom. The van der Waals surface area contributed by atoms with E-state index in [0.29, 0.717) is 28.8 Å². The van der Waals surface area contributed by atoms with Gasteiger partial charge in [-0.25, -0.2) is 0 Å². The van der Waals surface area contributed by atoms with Gasteiger partial charge in [-0.05, 0) is 54.3 Å². The molecule has 4 rings (SSSR count). The summed E-state index contributed by atoms with van der Waals surface area (Å²) in [5, 5.41) is 10.7. The highest BCUT2D eigenvalue weighted by atomic mass is 35.5. The van der Waals surface area contributed by atoms with Crippen molar-refractivity contribution in [1.82, 2.24) is 4.90 Å². The van der Waals surface area contributed by atoms with Gasteiger partial charge in [-0.2, -0.15) is 0 Å². The SMILES string of the molecule is O=C(O)C1CCCN1C(c1cccc(Oc2ccccc2)c1)c1cccc(Cl)c1Cl. The van der Waals surface area contributed by atoms with Crippen molar-refractivity contribution in [2.45, 2.75) is 24.9 Å². The van der Waals surface area contributed by atoms with Crippen LogP contribution in [0.2, 0.25) is 10.0 Å². The Kier molecular flexibility index (Phi) is 6.28. The van der Waals surface area contributed by atoms with Crippen LogP contribution in [0.3, 0.4) is 0 Å². The van der Waals surface area contributed by atoms with Crippen LogP contribution in [0, 0.1) is 0 Å². The molecule has 0 bridgehead atoms. The fraction of sp³-hybridized carbons (Fsp3) is 0.208. The molecule has 1 heterocycles. The topological polar surface area (TPSA) is 49.8 Å². The fourth-order valence-electron chi connectivity index (χ4n) is 4.02. The number of ether oxygens (including phenoxy) is 1. The summed E-state index contributed by atoms with van der Waals surface area (Å²) in [5.74, 6) is 0.580. The summed E-state index contributed by atoms with van der Waals surface area (Å²) in [6, 6.07) is 21.8. The van der Waals surface area contributed by atoms with E-state index in [1.54, 1.807) is 6.07 Å². The Hall–Kier alpha value is -2.53. The Morgan fingerprint density at radius 2 is 1.73 bits per heavy atom. The number of likely N-dealkylation sites (tertiary alicyclic amines) is 1. The maximum absolute atomic E-state index is 11.9. The molecule has 6 heteroatoms. The van der Waals surface area contributed by atoms with Gasteiger partial charge < -0.3 is 9.84 Å². The highest BCUT2D eigenvalue weighted by Gasteiger charge is 2.37. The third-order valence-corrected chi connectivity index (χ3v) is 6.17. The Labute approximate surface area is 185 Å². The van der Waals surface area contributed by atoms with Crippen molar-refractivity contribution in [3.63, 3.8) is 0 Å². The molecule has 1 saturated heterocycles. The van der Waals surface area contributed by atoms with Gasteiger partial charge in [0.15, 0.2) is 0 Å². The van der Waals surface area contributed by atoms with E-state index in [4.69, 9.17) is 27.9 Å². The minimum Gasteiger partial charge on any atom is -0.480 e. The van der Waals surface area contributed by atoms with Gasteiger partial charge in [0.25, 0.3) is 0 Å². The lowest BCUT2D eigenvalue weighted by molar-refractivity contribution is -0.142. The van der Waals surface area contributed by atoms with Gasteiger partial charge in [0.05, 0.1) is 16.1 Å². The minimum absolute atomic E-state index is 0.348. The van der Waals surface area contributed by atoms with Crippen LogP contribution in [0.5, 0.6) is 11.5 Å². The van der Waals surface area contributed by atoms with Crippen molar-refractivity contribution in [3.05, 3.63) is 94.0 Å². The summed E-state index contributed by atoms with van der Waals surface area (Å²) in [6.45, 7) is 0.661. The number of halogens is 2. The average Bonchev–Trinajstić information content (AvgIpc) is 3.22. The second kappa shape index (κ2) is 9.09. The summed E-state index contributed by atoms with van der Waals surface area (Å²) in [6.07, 6.45) is 1.41. The number of carboxylic acid groups (broad SMARTS) is 1. The zero-order valence-corrected chi connectivity index (χ0v) is 17.7. The molecule has 0 amide bonds. The molecule has 4 nitrogen and oxygen atoms in total. The molecule has 154 valence electrons. The molecular weight excluding hydrogens is 421 g/mol. The van der Waals surface area contributed by atoms with Gasteiger partial charge in [-0.3, -0.25) is 9.69 Å². The molecule has 0 saturated carbocycles. The molecule has 30 heavy (non-hydrogen) atoms.